The number of carbonyl (C=O) groups excluding carboxylic acids is 2. The highest BCUT2D eigenvalue weighted by atomic mass is 16.7. The number of hydrogen-bond donors (Lipinski definition) is 0. The van der Waals surface area contributed by atoms with Crippen molar-refractivity contribution in [2.45, 2.75) is 63.4 Å². The van der Waals surface area contributed by atoms with Crippen molar-refractivity contribution in [3.8, 4) is 0 Å². The van der Waals surface area contributed by atoms with Crippen LogP contribution in [0, 0.1) is 17.8 Å². The topological polar surface area (TPSA) is 68.2 Å². The minimum absolute atomic E-state index is 0.267. The molecule has 0 bridgehead atoms. The normalized spacial score (nSPS) is 31.4. The molecule has 0 unspecified atom stereocenters. The van der Waals surface area contributed by atoms with Gasteiger partial charge in [-0.25, -0.2) is 4.79 Å². The predicted octanol–water partition coefficient (Wildman–Crippen LogP) is 2.51. The summed E-state index contributed by atoms with van der Waals surface area (Å²) in [5, 5.41) is 3.91. The first-order valence-electron chi connectivity index (χ1n) is 9.74. The summed E-state index contributed by atoms with van der Waals surface area (Å²) >= 11 is 0. The zero-order chi connectivity index (χ0) is 17.4. The molecule has 3 fully saturated rings. The first-order chi connectivity index (χ1) is 12.1. The zero-order valence-corrected chi connectivity index (χ0v) is 15.0. The molecule has 2 atom stereocenters. The van der Waals surface area contributed by atoms with Gasteiger partial charge in [0.15, 0.2) is 5.71 Å². The molecular formula is C19H28N2O4. The molecule has 0 aromatic rings. The van der Waals surface area contributed by atoms with E-state index in [2.05, 4.69) is 5.16 Å². The number of methoxy groups -OCH3 is 1. The first kappa shape index (κ1) is 16.9. The third-order valence-electron chi connectivity index (χ3n) is 6.66. The SMILES string of the molecule is COC(=O)C1=NOC2(CCN(C(=O)[C@@H]3C[C@@H]3C3CCCCC3)CC2)C1. The summed E-state index contributed by atoms with van der Waals surface area (Å²) in [5.41, 5.74) is -0.0473. The molecule has 6 nitrogen and oxygen atoms in total. The van der Waals surface area contributed by atoms with Crippen LogP contribution in [0.4, 0.5) is 0 Å². The number of amides is 1. The molecule has 0 N–H and O–H groups in total. The molecule has 2 saturated carbocycles. The van der Waals surface area contributed by atoms with Crippen LogP contribution < -0.4 is 0 Å². The second-order valence-electron chi connectivity index (χ2n) is 8.21. The maximum absolute atomic E-state index is 12.8. The number of piperidine rings is 1. The van der Waals surface area contributed by atoms with Crippen molar-refractivity contribution in [2.24, 2.45) is 22.9 Å². The lowest BCUT2D eigenvalue weighted by molar-refractivity contribution is -0.139. The Morgan fingerprint density at radius 3 is 2.60 bits per heavy atom. The maximum Gasteiger partial charge on any atom is 0.355 e. The molecule has 0 radical (unpaired) electrons. The minimum atomic E-state index is -0.413. The van der Waals surface area contributed by atoms with E-state index in [1.807, 2.05) is 4.90 Å². The van der Waals surface area contributed by atoms with E-state index in [1.54, 1.807) is 0 Å². The van der Waals surface area contributed by atoms with Gasteiger partial charge in [0.05, 0.1) is 7.11 Å². The molecule has 25 heavy (non-hydrogen) atoms. The van der Waals surface area contributed by atoms with Gasteiger partial charge in [-0.05, 0) is 18.3 Å². The van der Waals surface area contributed by atoms with Gasteiger partial charge >= 0.3 is 5.97 Å². The lowest BCUT2D eigenvalue weighted by Gasteiger charge is -2.37. The Bertz CT molecular complexity index is 574. The number of carbonyl (C=O) groups is 2. The second kappa shape index (κ2) is 6.61. The van der Waals surface area contributed by atoms with Crippen LogP contribution in [0.1, 0.15) is 57.8 Å². The molecule has 138 valence electrons. The van der Waals surface area contributed by atoms with Crippen molar-refractivity contribution in [3.63, 3.8) is 0 Å². The zero-order valence-electron chi connectivity index (χ0n) is 15.0. The molecule has 4 rings (SSSR count). The Kier molecular flexibility index (Phi) is 4.46. The summed E-state index contributed by atoms with van der Waals surface area (Å²) in [6, 6.07) is 0. The Hall–Kier alpha value is -1.59. The van der Waals surface area contributed by atoms with E-state index in [9.17, 15) is 9.59 Å². The molecule has 2 aliphatic carbocycles. The van der Waals surface area contributed by atoms with Gasteiger partial charge in [-0.3, -0.25) is 4.79 Å². The van der Waals surface area contributed by atoms with E-state index in [4.69, 9.17) is 9.57 Å². The van der Waals surface area contributed by atoms with Crippen LogP contribution in [0.5, 0.6) is 0 Å². The highest BCUT2D eigenvalue weighted by Gasteiger charge is 2.51. The molecule has 1 amide bonds. The standard InChI is InChI=1S/C19H28N2O4/c1-24-18(23)16-12-19(25-20-16)7-9-21(10-8-19)17(22)15-11-14(15)13-5-3-2-4-6-13/h13-15H,2-12H2,1H3/t14-,15-/m1/s1. The Balaban J connectivity index is 1.27. The van der Waals surface area contributed by atoms with E-state index < -0.39 is 11.6 Å². The number of likely N-dealkylation sites (tertiary alicyclic amines) is 1. The molecule has 4 aliphatic rings. The summed E-state index contributed by atoms with van der Waals surface area (Å²) in [5.74, 6) is 1.62. The quantitative estimate of drug-likeness (QED) is 0.735. The van der Waals surface area contributed by atoms with Crippen LogP contribution in [0.25, 0.3) is 0 Å². The molecule has 0 aromatic carbocycles. The fourth-order valence-electron chi connectivity index (χ4n) is 4.97. The monoisotopic (exact) mass is 348 g/mol. The summed E-state index contributed by atoms with van der Waals surface area (Å²) in [6.45, 7) is 1.41. The lowest BCUT2D eigenvalue weighted by atomic mass is 9.84. The van der Waals surface area contributed by atoms with Crippen molar-refractivity contribution in [3.05, 3.63) is 0 Å². The molecular weight excluding hydrogens is 320 g/mol. The van der Waals surface area contributed by atoms with Gasteiger partial charge in [0.1, 0.15) is 5.60 Å². The van der Waals surface area contributed by atoms with Crippen LogP contribution in [-0.4, -0.2) is 48.3 Å². The van der Waals surface area contributed by atoms with Crippen molar-refractivity contribution in [2.75, 3.05) is 20.2 Å². The molecule has 2 heterocycles. The average Bonchev–Trinajstić information content (AvgIpc) is 3.37. The molecule has 1 saturated heterocycles. The third kappa shape index (κ3) is 3.27. The van der Waals surface area contributed by atoms with Gasteiger partial charge in [0.2, 0.25) is 5.91 Å². The summed E-state index contributed by atoms with van der Waals surface area (Å²) in [6.07, 6.45) is 9.76. The van der Waals surface area contributed by atoms with Gasteiger partial charge in [0.25, 0.3) is 0 Å². The number of ether oxygens (including phenoxy) is 1. The van der Waals surface area contributed by atoms with Gasteiger partial charge < -0.3 is 14.5 Å². The summed E-state index contributed by atoms with van der Waals surface area (Å²) in [4.78, 5) is 32.0. The number of esters is 1. The van der Waals surface area contributed by atoms with E-state index in [1.165, 1.54) is 39.2 Å². The third-order valence-corrected chi connectivity index (χ3v) is 6.66. The predicted molar refractivity (Wildman–Crippen MR) is 91.9 cm³/mol. The van der Waals surface area contributed by atoms with Crippen LogP contribution in [0.15, 0.2) is 5.16 Å². The van der Waals surface area contributed by atoms with Gasteiger partial charge in [-0.1, -0.05) is 37.3 Å². The number of rotatable bonds is 3. The smallest absolute Gasteiger partial charge is 0.355 e. The summed E-state index contributed by atoms with van der Waals surface area (Å²) in [7, 11) is 1.36. The van der Waals surface area contributed by atoms with Crippen molar-refractivity contribution in [1.82, 2.24) is 4.90 Å². The van der Waals surface area contributed by atoms with Crippen LogP contribution in [0.2, 0.25) is 0 Å². The lowest BCUT2D eigenvalue weighted by Crippen LogP contribution is -2.47. The number of oxime groups is 1. The van der Waals surface area contributed by atoms with Crippen molar-refractivity contribution < 1.29 is 19.2 Å². The molecule has 2 aliphatic heterocycles. The van der Waals surface area contributed by atoms with E-state index >= 15 is 0 Å². The van der Waals surface area contributed by atoms with E-state index in [-0.39, 0.29) is 5.92 Å². The highest BCUT2D eigenvalue weighted by molar-refractivity contribution is 6.36. The first-order valence-corrected chi connectivity index (χ1v) is 9.74. The summed E-state index contributed by atoms with van der Waals surface area (Å²) < 4.78 is 4.72. The average molecular weight is 348 g/mol. The Labute approximate surface area is 148 Å². The van der Waals surface area contributed by atoms with Crippen LogP contribution in [-0.2, 0) is 19.2 Å². The Morgan fingerprint density at radius 1 is 1.20 bits per heavy atom. The van der Waals surface area contributed by atoms with Gasteiger partial charge in [-0.2, -0.15) is 0 Å². The van der Waals surface area contributed by atoms with Gasteiger partial charge in [-0.15, -0.1) is 0 Å². The fraction of sp³-hybridized carbons (Fsp3) is 0.842. The molecule has 6 heteroatoms. The van der Waals surface area contributed by atoms with Crippen LogP contribution in [0.3, 0.4) is 0 Å². The second-order valence-corrected chi connectivity index (χ2v) is 8.21. The minimum Gasteiger partial charge on any atom is -0.464 e. The fourth-order valence-corrected chi connectivity index (χ4v) is 4.97. The van der Waals surface area contributed by atoms with Crippen LogP contribution >= 0.6 is 0 Å². The number of nitrogens with zero attached hydrogens (tertiary/aromatic N) is 2. The van der Waals surface area contributed by atoms with Crippen molar-refractivity contribution in [1.29, 1.82) is 0 Å². The molecule has 0 aromatic heterocycles. The highest BCUT2D eigenvalue weighted by Crippen LogP contribution is 2.50. The number of hydrogen-bond acceptors (Lipinski definition) is 5. The van der Waals surface area contributed by atoms with E-state index in [0.717, 1.165) is 25.2 Å². The molecule has 1 spiro atoms. The van der Waals surface area contributed by atoms with Crippen molar-refractivity contribution >= 4 is 17.6 Å². The van der Waals surface area contributed by atoms with E-state index in [0.29, 0.717) is 37.0 Å². The largest absolute Gasteiger partial charge is 0.464 e. The maximum atomic E-state index is 12.8. The van der Waals surface area contributed by atoms with Gasteiger partial charge in [0, 0.05) is 38.3 Å². The Morgan fingerprint density at radius 2 is 1.92 bits per heavy atom.